The number of thiazole rings is 1. The third-order valence-electron chi connectivity index (χ3n) is 5.41. The van der Waals surface area contributed by atoms with E-state index in [0.717, 1.165) is 16.6 Å². The fourth-order valence-corrected chi connectivity index (χ4v) is 5.53. The molecule has 0 aliphatic heterocycles. The van der Waals surface area contributed by atoms with E-state index in [-0.39, 0.29) is 41.0 Å². The van der Waals surface area contributed by atoms with Crippen molar-refractivity contribution in [3.63, 3.8) is 0 Å². The molecule has 0 radical (unpaired) electrons. The minimum Gasteiger partial charge on any atom is -0.466 e. The molecule has 4 atom stereocenters. The molecule has 7 heteroatoms. The van der Waals surface area contributed by atoms with Crippen LogP contribution in [0.3, 0.4) is 0 Å². The number of halogens is 1. The molecule has 4 rings (SSSR count). The number of esters is 1. The highest BCUT2D eigenvalue weighted by Gasteiger charge is 2.70. The van der Waals surface area contributed by atoms with E-state index in [9.17, 15) is 9.59 Å². The molecule has 122 valence electrons. The van der Waals surface area contributed by atoms with E-state index >= 15 is 0 Å². The fraction of sp³-hybridized carbons (Fsp3) is 0.562. The summed E-state index contributed by atoms with van der Waals surface area (Å²) in [5.74, 6) is -0.787. The number of carbonyl (C=O) groups excluding carboxylic acids is 2. The van der Waals surface area contributed by atoms with E-state index in [2.05, 4.69) is 38.4 Å². The second-order valence-corrected chi connectivity index (χ2v) is 8.84. The number of ether oxygens (including phenoxy) is 1. The Balaban J connectivity index is 1.61. The maximum absolute atomic E-state index is 12.8. The van der Waals surface area contributed by atoms with Crippen LogP contribution in [0.2, 0.25) is 0 Å². The van der Waals surface area contributed by atoms with Crippen molar-refractivity contribution >= 4 is 44.3 Å². The van der Waals surface area contributed by atoms with Crippen molar-refractivity contribution in [2.75, 3.05) is 11.9 Å². The van der Waals surface area contributed by atoms with Crippen molar-refractivity contribution in [1.29, 1.82) is 0 Å². The van der Waals surface area contributed by atoms with Gasteiger partial charge in [0.2, 0.25) is 5.91 Å². The second-order valence-electron chi connectivity index (χ2n) is 6.43. The largest absolute Gasteiger partial charge is 0.466 e. The lowest BCUT2D eigenvalue weighted by molar-refractivity contribution is -0.152. The van der Waals surface area contributed by atoms with Crippen LogP contribution in [0.15, 0.2) is 22.1 Å². The quantitative estimate of drug-likeness (QED) is 0.626. The van der Waals surface area contributed by atoms with Crippen molar-refractivity contribution < 1.29 is 14.3 Å². The Morgan fingerprint density at radius 3 is 2.65 bits per heavy atom. The van der Waals surface area contributed by atoms with Crippen LogP contribution >= 0.6 is 27.3 Å². The first kappa shape index (κ1) is 15.3. The van der Waals surface area contributed by atoms with Crippen LogP contribution in [0.4, 0.5) is 5.13 Å². The van der Waals surface area contributed by atoms with Crippen LogP contribution in [0.25, 0.3) is 0 Å². The highest BCUT2D eigenvalue weighted by atomic mass is 79.9. The maximum Gasteiger partial charge on any atom is 0.310 e. The zero-order valence-corrected chi connectivity index (χ0v) is 15.0. The number of aromatic nitrogens is 1. The number of allylic oxidation sites excluding steroid dienone is 2. The third-order valence-corrected chi connectivity index (χ3v) is 6.80. The molecule has 2 fully saturated rings. The van der Waals surface area contributed by atoms with Crippen molar-refractivity contribution in [2.45, 2.75) is 19.8 Å². The molecule has 1 aromatic heterocycles. The number of rotatable bonds is 4. The van der Waals surface area contributed by atoms with Gasteiger partial charge in [-0.1, -0.05) is 23.5 Å². The van der Waals surface area contributed by atoms with Crippen molar-refractivity contribution in [2.24, 2.45) is 29.1 Å². The monoisotopic (exact) mass is 396 g/mol. The first-order valence-electron chi connectivity index (χ1n) is 7.84. The summed E-state index contributed by atoms with van der Waals surface area (Å²) in [5.41, 5.74) is 0.128. The first-order valence-corrected chi connectivity index (χ1v) is 9.45. The van der Waals surface area contributed by atoms with Gasteiger partial charge in [-0.15, -0.1) is 0 Å². The molecule has 0 unspecified atom stereocenters. The molecule has 0 saturated heterocycles. The minimum atomic E-state index is -0.365. The normalized spacial score (nSPS) is 32.3. The van der Waals surface area contributed by atoms with Gasteiger partial charge in [0.25, 0.3) is 0 Å². The average Bonchev–Trinajstić information content (AvgIpc) is 3.01. The molecule has 2 bridgehead atoms. The van der Waals surface area contributed by atoms with Gasteiger partial charge in [-0.2, -0.15) is 0 Å². The summed E-state index contributed by atoms with van der Waals surface area (Å²) in [4.78, 5) is 29.5. The van der Waals surface area contributed by atoms with E-state index in [0.29, 0.717) is 11.7 Å². The molecule has 3 aliphatic rings. The summed E-state index contributed by atoms with van der Waals surface area (Å²) in [7, 11) is 0. The number of nitrogens with zero attached hydrogens (tertiary/aromatic N) is 1. The van der Waals surface area contributed by atoms with Gasteiger partial charge in [-0.3, -0.25) is 9.59 Å². The second kappa shape index (κ2) is 5.41. The SMILES string of the molecule is CCOC(=O)[C@H]1[C@H](C(=O)Nc2ncc(Br)s2)[C@@H]2C=C[C@H]1C21CC1. The van der Waals surface area contributed by atoms with E-state index in [1.165, 1.54) is 11.3 Å². The summed E-state index contributed by atoms with van der Waals surface area (Å²) in [6.07, 6.45) is 8.11. The van der Waals surface area contributed by atoms with Gasteiger partial charge in [0.15, 0.2) is 5.13 Å². The highest BCUT2D eigenvalue weighted by molar-refractivity contribution is 9.11. The van der Waals surface area contributed by atoms with Gasteiger partial charge in [0.1, 0.15) is 0 Å². The van der Waals surface area contributed by atoms with Crippen LogP contribution in [-0.4, -0.2) is 23.5 Å². The van der Waals surface area contributed by atoms with E-state index in [1.807, 2.05) is 0 Å². The Morgan fingerprint density at radius 1 is 1.39 bits per heavy atom. The van der Waals surface area contributed by atoms with Crippen molar-refractivity contribution in [3.8, 4) is 0 Å². The summed E-state index contributed by atoms with van der Waals surface area (Å²) in [5, 5.41) is 3.44. The lowest BCUT2D eigenvalue weighted by Crippen LogP contribution is -2.37. The van der Waals surface area contributed by atoms with Crippen LogP contribution < -0.4 is 5.32 Å². The Bertz CT molecular complexity index is 697. The lowest BCUT2D eigenvalue weighted by Gasteiger charge is -2.24. The highest BCUT2D eigenvalue weighted by Crippen LogP contribution is 2.72. The van der Waals surface area contributed by atoms with Crippen molar-refractivity contribution in [1.82, 2.24) is 4.98 Å². The fourth-order valence-electron chi connectivity index (χ4n) is 4.42. The molecule has 1 N–H and O–H groups in total. The Hall–Kier alpha value is -1.21. The molecule has 5 nitrogen and oxygen atoms in total. The summed E-state index contributed by atoms with van der Waals surface area (Å²) < 4.78 is 6.12. The molecule has 1 amide bonds. The average molecular weight is 397 g/mol. The number of anilines is 1. The molecule has 2 saturated carbocycles. The van der Waals surface area contributed by atoms with Crippen molar-refractivity contribution in [3.05, 3.63) is 22.1 Å². The topological polar surface area (TPSA) is 68.3 Å². The van der Waals surface area contributed by atoms with Gasteiger partial charge in [0, 0.05) is 0 Å². The van der Waals surface area contributed by atoms with Crippen LogP contribution in [0.5, 0.6) is 0 Å². The molecule has 23 heavy (non-hydrogen) atoms. The molecular weight excluding hydrogens is 380 g/mol. The number of hydrogen-bond donors (Lipinski definition) is 1. The van der Waals surface area contributed by atoms with Crippen LogP contribution in [0.1, 0.15) is 19.8 Å². The predicted molar refractivity (Wildman–Crippen MR) is 89.8 cm³/mol. The Labute approximate surface area is 146 Å². The van der Waals surface area contributed by atoms with E-state index in [4.69, 9.17) is 4.74 Å². The smallest absolute Gasteiger partial charge is 0.310 e. The zero-order chi connectivity index (χ0) is 16.2. The third kappa shape index (κ3) is 2.28. The summed E-state index contributed by atoms with van der Waals surface area (Å²) >= 11 is 4.71. The zero-order valence-electron chi connectivity index (χ0n) is 12.6. The number of amides is 1. The summed E-state index contributed by atoms with van der Waals surface area (Å²) in [6.45, 7) is 2.15. The van der Waals surface area contributed by atoms with E-state index < -0.39 is 0 Å². The van der Waals surface area contributed by atoms with Gasteiger partial charge < -0.3 is 10.1 Å². The first-order chi connectivity index (χ1) is 11.1. The molecule has 3 aliphatic carbocycles. The van der Waals surface area contributed by atoms with Crippen LogP contribution in [0, 0.1) is 29.1 Å². The van der Waals surface area contributed by atoms with E-state index in [1.54, 1.807) is 13.1 Å². The Kier molecular flexibility index (Phi) is 3.61. The number of carbonyl (C=O) groups is 2. The molecule has 0 aromatic carbocycles. The molecule has 1 heterocycles. The number of nitrogens with one attached hydrogen (secondary N) is 1. The molecular formula is C16H17BrN2O3S. The predicted octanol–water partition coefficient (Wildman–Crippen LogP) is 3.24. The summed E-state index contributed by atoms with van der Waals surface area (Å²) in [6, 6.07) is 0. The van der Waals surface area contributed by atoms with Gasteiger partial charge >= 0.3 is 5.97 Å². The number of hydrogen-bond acceptors (Lipinski definition) is 5. The minimum absolute atomic E-state index is 0.118. The lowest BCUT2D eigenvalue weighted by atomic mass is 9.82. The standard InChI is InChI=1S/C16H17BrN2O3S/c1-2-22-14(21)12-9-4-3-8(16(9)5-6-16)11(12)13(20)19-15-18-7-10(17)23-15/h3-4,7-9,11-12H,2,5-6H2,1H3,(H,18,19,20)/t8-,9+,11+,12+/m0/s1. The van der Waals surface area contributed by atoms with Gasteiger partial charge in [0.05, 0.1) is 28.4 Å². The Morgan fingerprint density at radius 2 is 2.09 bits per heavy atom. The van der Waals surface area contributed by atoms with Crippen LogP contribution in [-0.2, 0) is 14.3 Å². The van der Waals surface area contributed by atoms with Gasteiger partial charge in [-0.25, -0.2) is 4.98 Å². The molecule has 1 aromatic rings. The molecule has 1 spiro atoms. The van der Waals surface area contributed by atoms with Gasteiger partial charge in [-0.05, 0) is 52.9 Å². The maximum atomic E-state index is 12.8.